The van der Waals surface area contributed by atoms with Crippen LogP contribution in [0.15, 0.2) is 546 Å². The zero-order valence-corrected chi connectivity index (χ0v) is 82.1. The van der Waals surface area contributed by atoms with Gasteiger partial charge in [-0.25, -0.2) is 15.0 Å². The van der Waals surface area contributed by atoms with Gasteiger partial charge in [-0.2, -0.15) is 0 Å². The van der Waals surface area contributed by atoms with E-state index in [1.165, 1.54) is 189 Å². The third-order valence-corrected chi connectivity index (χ3v) is 31.5. The second kappa shape index (κ2) is 37.8. The van der Waals surface area contributed by atoms with E-state index in [1.807, 2.05) is 61.1 Å². The Hall–Kier alpha value is -19.1. The van der Waals surface area contributed by atoms with Crippen molar-refractivity contribution in [2.45, 2.75) is 35.5 Å². The van der Waals surface area contributed by atoms with Gasteiger partial charge in [0.05, 0.1) is 51.2 Å². The Morgan fingerprint density at radius 3 is 0.740 bits per heavy atom. The number of aromatic nitrogens is 6. The van der Waals surface area contributed by atoms with Crippen molar-refractivity contribution in [3.05, 3.63) is 647 Å². The van der Waals surface area contributed by atoms with Crippen molar-refractivity contribution in [3.63, 3.8) is 0 Å². The number of fused-ring (bicyclic) bond motifs is 21. The molecule has 0 N–H and O–H groups in total. The molecule has 150 heavy (non-hydrogen) atoms. The molecular weight excluding hydrogens is 1810 g/mol. The minimum Gasteiger partial charge on any atom is -0.256 e. The Morgan fingerprint density at radius 1 is 0.127 bits per heavy atom. The standard InChI is InChI=1S/C54H36N2.C49H33N.C41H27N3/c1-4-14-35(15-5-1)36-24-26-38(27-25-36)49-32-41(33-50(56-49)40-28-31-48(55-34-40)37-16-6-2-7-17-37)52-45-23-13-11-21-43(45)47-30-29-46-42-20-10-12-22-44(42)51(53(46)54(47)52)39-18-8-3-9-19-39;1-5-17-32(18-6-1)41-31-42-37-25-13-14-26-38(37)45(35-23-11-4-12-24-35)48(42)49-46(39-27-15-16-28-40(39)47(41)49)36-29-43(33-19-7-2-8-20-33)50-44(30-36)34-21-9-3-10-22-34;1-2-12-26(13-3-1)38-30-16-6-4-14-28(30)32-20-21-33-29-15-5-7-17-31(29)39(41(33)40(32)38)27-24-36(34-18-8-10-22-42-34)44-37(25-27)35-19-9-11-23-43-35/h1-34,51-52H;1-31,45-46H;1-25,38-39H. The lowest BCUT2D eigenvalue weighted by Crippen LogP contribution is -2.08. The maximum Gasteiger partial charge on any atom is 0.0897 e. The Kier molecular flexibility index (Phi) is 22.3. The van der Waals surface area contributed by atoms with Gasteiger partial charge in [-0.05, 0) is 268 Å². The molecule has 0 aliphatic heterocycles. The summed E-state index contributed by atoms with van der Waals surface area (Å²) in [5.41, 5.74) is 58.7. The van der Waals surface area contributed by atoms with Crippen LogP contribution in [0.4, 0.5) is 0 Å². The van der Waals surface area contributed by atoms with Crippen LogP contribution >= 0.6 is 0 Å². The molecule has 24 aromatic rings. The molecule has 0 amide bonds. The topological polar surface area (TPSA) is 77.3 Å². The Balaban J connectivity index is 0.000000109. The lowest BCUT2D eigenvalue weighted by Gasteiger charge is -2.24. The van der Waals surface area contributed by atoms with E-state index >= 15 is 0 Å². The van der Waals surface area contributed by atoms with E-state index in [1.54, 1.807) is 0 Å². The molecule has 0 saturated heterocycles. The van der Waals surface area contributed by atoms with E-state index < -0.39 is 0 Å². The van der Waals surface area contributed by atoms with Gasteiger partial charge < -0.3 is 0 Å². The molecule has 6 heterocycles. The van der Waals surface area contributed by atoms with Crippen LogP contribution in [-0.4, -0.2) is 29.9 Å². The summed E-state index contributed by atoms with van der Waals surface area (Å²) < 4.78 is 0. The van der Waals surface area contributed by atoms with Crippen molar-refractivity contribution in [1.29, 1.82) is 0 Å². The van der Waals surface area contributed by atoms with E-state index in [2.05, 4.69) is 485 Å². The predicted molar refractivity (Wildman–Crippen MR) is 612 cm³/mol. The van der Waals surface area contributed by atoms with Gasteiger partial charge in [0.1, 0.15) is 0 Å². The average molecular weight is 1910 g/mol. The van der Waals surface area contributed by atoms with Crippen LogP contribution in [-0.2, 0) is 0 Å². The number of hydrogen-bond acceptors (Lipinski definition) is 6. The summed E-state index contributed by atoms with van der Waals surface area (Å²) in [5, 5.41) is 0. The SMILES string of the molecule is c1ccc(-c2cc(C3c4ccccc4-c4c(-c5ccccc5)cc5c(c43)C(c3ccccc3)c3ccccc3-5)cc(-c3ccccc3)n2)cc1.c1ccc(-c2ccc(-c3cc(C4c5ccccc5-c5ccc6c(c54)C(c4ccccc4)c4ccccc4-6)cc(-c4ccc(-c5ccccc5)nc4)n3)cc2)cc1.c1ccc(C2c3ccccc3-c3ccc4c(c32)C(c2cc(-c3ccccn3)nc(-c3ccccn3)c2)c2ccccc2-4)cc1. The highest BCUT2D eigenvalue weighted by Gasteiger charge is 2.46. The molecule has 0 radical (unpaired) electrons. The Bertz CT molecular complexity index is 9060. The molecule has 6 heteroatoms. The fourth-order valence-electron chi connectivity index (χ4n) is 25.1. The summed E-state index contributed by atoms with van der Waals surface area (Å²) in [4.78, 5) is 30.1. The first-order valence-corrected chi connectivity index (χ1v) is 51.9. The molecule has 6 unspecified atom stereocenters. The van der Waals surface area contributed by atoms with Crippen LogP contribution in [0.25, 0.3) is 168 Å². The summed E-state index contributed by atoms with van der Waals surface area (Å²) in [5.74, 6) is 0.479. The summed E-state index contributed by atoms with van der Waals surface area (Å²) >= 11 is 0. The third kappa shape index (κ3) is 15.5. The van der Waals surface area contributed by atoms with Crippen molar-refractivity contribution in [1.82, 2.24) is 29.9 Å². The molecule has 702 valence electrons. The zero-order chi connectivity index (χ0) is 99.1. The maximum absolute atomic E-state index is 5.39. The molecule has 0 saturated carbocycles. The fourth-order valence-corrected chi connectivity index (χ4v) is 25.1. The quantitative estimate of drug-likeness (QED) is 0.102. The van der Waals surface area contributed by atoms with E-state index in [0.717, 1.165) is 79.1 Å². The van der Waals surface area contributed by atoms with Gasteiger partial charge in [0.15, 0.2) is 0 Å². The van der Waals surface area contributed by atoms with Crippen molar-refractivity contribution in [2.75, 3.05) is 0 Å². The van der Waals surface area contributed by atoms with Crippen LogP contribution in [0.2, 0.25) is 0 Å². The highest BCUT2D eigenvalue weighted by molar-refractivity contribution is 6.01. The van der Waals surface area contributed by atoms with Gasteiger partial charge >= 0.3 is 0 Å². The monoisotopic (exact) mass is 1910 g/mol. The molecular formula is C144H96N6. The number of pyridine rings is 6. The van der Waals surface area contributed by atoms with Crippen LogP contribution < -0.4 is 0 Å². The van der Waals surface area contributed by atoms with Gasteiger partial charge in [0, 0.05) is 81.9 Å². The summed E-state index contributed by atoms with van der Waals surface area (Å²) in [6, 6.07) is 191. The number of nitrogens with zero attached hydrogens (tertiary/aromatic N) is 6. The third-order valence-electron chi connectivity index (χ3n) is 31.5. The van der Waals surface area contributed by atoms with Crippen LogP contribution in [0.1, 0.15) is 136 Å². The fraction of sp³-hybridized carbons (Fsp3) is 0.0417. The minimum absolute atomic E-state index is 0.0114. The molecule has 6 aliphatic rings. The van der Waals surface area contributed by atoms with Crippen molar-refractivity contribution in [3.8, 4) is 168 Å². The lowest BCUT2D eigenvalue weighted by atomic mass is 9.78. The highest BCUT2D eigenvalue weighted by Crippen LogP contribution is 2.64. The number of benzene rings is 18. The molecule has 6 atom stereocenters. The normalized spacial score (nSPS) is 15.2. The maximum atomic E-state index is 5.39. The Labute approximate surface area is 873 Å². The molecule has 6 nitrogen and oxygen atoms in total. The molecule has 6 aliphatic carbocycles. The number of rotatable bonds is 15. The first kappa shape index (κ1) is 88.6. The van der Waals surface area contributed by atoms with E-state index in [4.69, 9.17) is 29.9 Å². The van der Waals surface area contributed by atoms with E-state index in [-0.39, 0.29) is 35.5 Å². The van der Waals surface area contributed by atoms with E-state index in [9.17, 15) is 0 Å². The minimum atomic E-state index is 0.0114. The summed E-state index contributed by atoms with van der Waals surface area (Å²) in [6.07, 6.45) is 5.64. The molecule has 30 rings (SSSR count). The van der Waals surface area contributed by atoms with Crippen molar-refractivity contribution in [2.24, 2.45) is 0 Å². The van der Waals surface area contributed by atoms with Crippen LogP contribution in [0.5, 0.6) is 0 Å². The van der Waals surface area contributed by atoms with Crippen LogP contribution in [0.3, 0.4) is 0 Å². The average Bonchev–Trinajstić information content (AvgIpc) is 1.55. The van der Waals surface area contributed by atoms with Gasteiger partial charge in [-0.3, -0.25) is 15.0 Å². The first-order chi connectivity index (χ1) is 74.5. The molecule has 0 bridgehead atoms. The highest BCUT2D eigenvalue weighted by atomic mass is 14.8. The van der Waals surface area contributed by atoms with Crippen molar-refractivity contribution < 1.29 is 0 Å². The second-order valence-electron chi connectivity index (χ2n) is 39.8. The second-order valence-corrected chi connectivity index (χ2v) is 39.8. The molecule has 6 aromatic heterocycles. The lowest BCUT2D eigenvalue weighted by molar-refractivity contribution is 0.935. The zero-order valence-electron chi connectivity index (χ0n) is 82.1. The molecule has 18 aromatic carbocycles. The van der Waals surface area contributed by atoms with Crippen LogP contribution in [0, 0.1) is 0 Å². The summed E-state index contributed by atoms with van der Waals surface area (Å²) in [6.45, 7) is 0. The van der Waals surface area contributed by atoms with Gasteiger partial charge in [0.25, 0.3) is 0 Å². The molecule has 0 spiro atoms. The van der Waals surface area contributed by atoms with Gasteiger partial charge in [-0.15, -0.1) is 0 Å². The Morgan fingerprint density at radius 2 is 0.380 bits per heavy atom. The van der Waals surface area contributed by atoms with Crippen molar-refractivity contribution >= 4 is 0 Å². The molecule has 0 fully saturated rings. The summed E-state index contributed by atoms with van der Waals surface area (Å²) in [7, 11) is 0. The number of hydrogen-bond donors (Lipinski definition) is 0. The predicted octanol–water partition coefficient (Wildman–Crippen LogP) is 35.4. The van der Waals surface area contributed by atoms with Gasteiger partial charge in [0.2, 0.25) is 0 Å². The van der Waals surface area contributed by atoms with Gasteiger partial charge in [-0.1, -0.05) is 449 Å². The first-order valence-electron chi connectivity index (χ1n) is 51.9. The smallest absolute Gasteiger partial charge is 0.0897 e. The largest absolute Gasteiger partial charge is 0.256 e. The van der Waals surface area contributed by atoms with E-state index in [0.29, 0.717) is 0 Å².